The second-order valence-electron chi connectivity index (χ2n) is 5.86. The van der Waals surface area contributed by atoms with Crippen LogP contribution in [-0.2, 0) is 6.54 Å². The molecule has 0 spiro atoms. The SMILES string of the molecule is CCC1(Cn2cncc2C2CNC2)CCCC1. The van der Waals surface area contributed by atoms with E-state index in [2.05, 4.69) is 28.0 Å². The smallest absolute Gasteiger partial charge is 0.0948 e. The first kappa shape index (κ1) is 11.3. The zero-order chi connectivity index (χ0) is 11.7. The van der Waals surface area contributed by atoms with Gasteiger partial charge in [-0.05, 0) is 24.7 Å². The molecule has 0 amide bonds. The number of imidazole rings is 1. The van der Waals surface area contributed by atoms with Crippen molar-refractivity contribution in [3.8, 4) is 0 Å². The number of nitrogens with one attached hydrogen (secondary N) is 1. The number of hydrogen-bond donors (Lipinski definition) is 1. The molecule has 1 aromatic heterocycles. The second-order valence-corrected chi connectivity index (χ2v) is 5.86. The lowest BCUT2D eigenvalue weighted by Crippen LogP contribution is -2.41. The molecule has 2 fully saturated rings. The minimum Gasteiger partial charge on any atom is -0.334 e. The molecule has 3 heteroatoms. The highest BCUT2D eigenvalue weighted by Gasteiger charge is 2.33. The van der Waals surface area contributed by atoms with E-state index in [1.54, 1.807) is 0 Å². The lowest BCUT2D eigenvalue weighted by atomic mass is 9.83. The Labute approximate surface area is 104 Å². The Bertz CT molecular complexity index is 373. The van der Waals surface area contributed by atoms with Crippen LogP contribution in [0, 0.1) is 5.41 Å². The van der Waals surface area contributed by atoms with Gasteiger partial charge in [0, 0.05) is 37.4 Å². The van der Waals surface area contributed by atoms with Crippen LogP contribution >= 0.6 is 0 Å². The third-order valence-electron chi connectivity index (χ3n) is 4.86. The predicted molar refractivity (Wildman–Crippen MR) is 69.0 cm³/mol. The number of rotatable bonds is 4. The van der Waals surface area contributed by atoms with Gasteiger partial charge in [-0.3, -0.25) is 0 Å². The maximum atomic E-state index is 4.37. The molecule has 0 bridgehead atoms. The Hall–Kier alpha value is -0.830. The van der Waals surface area contributed by atoms with E-state index >= 15 is 0 Å². The van der Waals surface area contributed by atoms with Gasteiger partial charge in [-0.2, -0.15) is 0 Å². The zero-order valence-electron chi connectivity index (χ0n) is 10.8. The molecule has 0 aromatic carbocycles. The maximum Gasteiger partial charge on any atom is 0.0948 e. The summed E-state index contributed by atoms with van der Waals surface area (Å²) in [4.78, 5) is 4.37. The van der Waals surface area contributed by atoms with Crippen molar-refractivity contribution >= 4 is 0 Å². The van der Waals surface area contributed by atoms with Crippen LogP contribution in [-0.4, -0.2) is 22.6 Å². The van der Waals surface area contributed by atoms with Crippen LogP contribution in [0.1, 0.15) is 50.6 Å². The summed E-state index contributed by atoms with van der Waals surface area (Å²) in [6.45, 7) is 5.80. The standard InChI is InChI=1S/C14H23N3/c1-2-14(5-3-4-6-14)10-17-11-16-9-13(17)12-7-15-8-12/h9,11-12,15H,2-8,10H2,1H3. The van der Waals surface area contributed by atoms with Gasteiger partial charge in [-0.25, -0.2) is 4.98 Å². The Kier molecular flexibility index (Phi) is 2.95. The van der Waals surface area contributed by atoms with E-state index in [9.17, 15) is 0 Å². The average molecular weight is 233 g/mol. The van der Waals surface area contributed by atoms with E-state index in [0.29, 0.717) is 11.3 Å². The van der Waals surface area contributed by atoms with Gasteiger partial charge < -0.3 is 9.88 Å². The summed E-state index contributed by atoms with van der Waals surface area (Å²) in [6, 6.07) is 0. The molecule has 17 heavy (non-hydrogen) atoms. The summed E-state index contributed by atoms with van der Waals surface area (Å²) in [6.07, 6.45) is 11.1. The van der Waals surface area contributed by atoms with Gasteiger partial charge in [0.25, 0.3) is 0 Å². The van der Waals surface area contributed by atoms with Gasteiger partial charge in [0.15, 0.2) is 0 Å². The minimum atomic E-state index is 0.562. The van der Waals surface area contributed by atoms with Crippen molar-refractivity contribution in [2.75, 3.05) is 13.1 Å². The fourth-order valence-corrected chi connectivity index (χ4v) is 3.41. The summed E-state index contributed by atoms with van der Waals surface area (Å²) in [5, 5.41) is 3.35. The molecule has 1 saturated heterocycles. The highest BCUT2D eigenvalue weighted by atomic mass is 15.1. The maximum absolute atomic E-state index is 4.37. The Morgan fingerprint density at radius 3 is 2.76 bits per heavy atom. The Morgan fingerprint density at radius 1 is 1.41 bits per heavy atom. The van der Waals surface area contributed by atoms with Crippen LogP contribution in [0.5, 0.6) is 0 Å². The van der Waals surface area contributed by atoms with Crippen molar-refractivity contribution in [1.82, 2.24) is 14.9 Å². The van der Waals surface area contributed by atoms with E-state index < -0.39 is 0 Å². The molecule has 0 atom stereocenters. The van der Waals surface area contributed by atoms with Gasteiger partial charge in [0.1, 0.15) is 0 Å². The molecule has 2 aliphatic rings. The molecule has 0 radical (unpaired) electrons. The van der Waals surface area contributed by atoms with E-state index in [4.69, 9.17) is 0 Å². The molecule has 94 valence electrons. The largest absolute Gasteiger partial charge is 0.334 e. The van der Waals surface area contributed by atoms with Crippen LogP contribution in [0.4, 0.5) is 0 Å². The van der Waals surface area contributed by atoms with Crippen molar-refractivity contribution < 1.29 is 0 Å². The number of aromatic nitrogens is 2. The third-order valence-corrected chi connectivity index (χ3v) is 4.86. The third kappa shape index (κ3) is 2.01. The van der Waals surface area contributed by atoms with Crippen molar-refractivity contribution in [3.05, 3.63) is 18.2 Å². The summed E-state index contributed by atoms with van der Waals surface area (Å²) >= 11 is 0. The molecule has 3 nitrogen and oxygen atoms in total. The topological polar surface area (TPSA) is 29.9 Å². The molecule has 2 heterocycles. The normalized spacial score (nSPS) is 23.8. The number of nitrogens with zero attached hydrogens (tertiary/aromatic N) is 2. The molecule has 0 unspecified atom stereocenters. The van der Waals surface area contributed by atoms with Crippen LogP contribution < -0.4 is 5.32 Å². The molecule has 1 aromatic rings. The van der Waals surface area contributed by atoms with Crippen molar-refractivity contribution in [1.29, 1.82) is 0 Å². The summed E-state index contributed by atoms with van der Waals surface area (Å²) in [7, 11) is 0. The molecule has 1 aliphatic heterocycles. The van der Waals surface area contributed by atoms with Crippen molar-refractivity contribution in [2.45, 2.75) is 51.5 Å². The molecular weight excluding hydrogens is 210 g/mol. The fourth-order valence-electron chi connectivity index (χ4n) is 3.41. The predicted octanol–water partition coefficient (Wildman–Crippen LogP) is 2.54. The van der Waals surface area contributed by atoms with Gasteiger partial charge in [0.2, 0.25) is 0 Å². The minimum absolute atomic E-state index is 0.562. The summed E-state index contributed by atoms with van der Waals surface area (Å²) < 4.78 is 2.43. The van der Waals surface area contributed by atoms with E-state index in [1.807, 2.05) is 6.33 Å². The van der Waals surface area contributed by atoms with Crippen LogP contribution in [0.15, 0.2) is 12.5 Å². The van der Waals surface area contributed by atoms with Gasteiger partial charge in [0.05, 0.1) is 6.33 Å². The van der Waals surface area contributed by atoms with Gasteiger partial charge in [-0.15, -0.1) is 0 Å². The Morgan fingerprint density at radius 2 is 2.18 bits per heavy atom. The first-order chi connectivity index (χ1) is 8.33. The Balaban J connectivity index is 1.77. The average Bonchev–Trinajstić information content (AvgIpc) is 2.88. The van der Waals surface area contributed by atoms with Crippen LogP contribution in [0.25, 0.3) is 0 Å². The van der Waals surface area contributed by atoms with Gasteiger partial charge >= 0.3 is 0 Å². The van der Waals surface area contributed by atoms with Crippen LogP contribution in [0.3, 0.4) is 0 Å². The van der Waals surface area contributed by atoms with Gasteiger partial charge in [-0.1, -0.05) is 19.8 Å². The van der Waals surface area contributed by atoms with Crippen molar-refractivity contribution in [3.63, 3.8) is 0 Å². The number of hydrogen-bond acceptors (Lipinski definition) is 2. The molecule has 1 saturated carbocycles. The van der Waals surface area contributed by atoms with Crippen LogP contribution in [0.2, 0.25) is 0 Å². The quantitative estimate of drug-likeness (QED) is 0.866. The first-order valence-corrected chi connectivity index (χ1v) is 7.04. The highest BCUT2D eigenvalue weighted by Crippen LogP contribution is 2.42. The first-order valence-electron chi connectivity index (χ1n) is 7.04. The van der Waals surface area contributed by atoms with E-state index in [0.717, 1.165) is 13.1 Å². The summed E-state index contributed by atoms with van der Waals surface area (Å²) in [5.41, 5.74) is 2.01. The second kappa shape index (κ2) is 4.45. The zero-order valence-corrected chi connectivity index (χ0v) is 10.8. The molecular formula is C14H23N3. The summed E-state index contributed by atoms with van der Waals surface area (Å²) in [5.74, 6) is 0.702. The molecule has 1 N–H and O–H groups in total. The highest BCUT2D eigenvalue weighted by molar-refractivity contribution is 5.12. The van der Waals surface area contributed by atoms with E-state index in [1.165, 1.54) is 44.3 Å². The lowest BCUT2D eigenvalue weighted by Gasteiger charge is -2.32. The van der Waals surface area contributed by atoms with Crippen molar-refractivity contribution in [2.24, 2.45) is 5.41 Å². The fraction of sp³-hybridized carbons (Fsp3) is 0.786. The van der Waals surface area contributed by atoms with E-state index in [-0.39, 0.29) is 0 Å². The monoisotopic (exact) mass is 233 g/mol. The molecule has 1 aliphatic carbocycles. The lowest BCUT2D eigenvalue weighted by molar-refractivity contribution is 0.231. The molecule has 3 rings (SSSR count).